The predicted molar refractivity (Wildman–Crippen MR) is 138 cm³/mol. The molecule has 4 N–H and O–H groups in total. The van der Waals surface area contributed by atoms with E-state index in [1.807, 2.05) is 12.1 Å². The van der Waals surface area contributed by atoms with Gasteiger partial charge >= 0.3 is 23.8 Å². The second kappa shape index (κ2) is 11.4. The van der Waals surface area contributed by atoms with Crippen LogP contribution in [0.15, 0.2) is 52.9 Å². The molecule has 0 bridgehead atoms. The van der Waals surface area contributed by atoms with Crippen molar-refractivity contribution in [2.75, 3.05) is 10.6 Å². The molecule has 1 aromatic heterocycles. The Bertz CT molecular complexity index is 1300. The molecule has 0 aliphatic heterocycles. The third-order valence-electron chi connectivity index (χ3n) is 6.68. The average molecular weight is 524 g/mol. The second-order valence-electron chi connectivity index (χ2n) is 9.99. The van der Waals surface area contributed by atoms with Gasteiger partial charge in [-0.15, -0.1) is 5.10 Å². The number of hydrogen-bond donors (Lipinski definition) is 4. The number of aromatic nitrogens is 2. The van der Waals surface area contributed by atoms with Gasteiger partial charge in [0, 0.05) is 12.1 Å². The number of carbonyl (C=O) groups is 3. The van der Waals surface area contributed by atoms with Gasteiger partial charge in [0.25, 0.3) is 0 Å². The SMILES string of the molecule is CC(C)(NC(=O)C[C@H]1CC[C@H](c2ccc(NC(=O)c3nnc(Nc4ccccc4F)o3)cc2)CC1)C(=O)O. The topological polar surface area (TPSA) is 146 Å². The molecule has 11 heteroatoms. The smallest absolute Gasteiger partial charge is 0.328 e. The van der Waals surface area contributed by atoms with Gasteiger partial charge in [-0.2, -0.15) is 0 Å². The summed E-state index contributed by atoms with van der Waals surface area (Å²) >= 11 is 0. The lowest BCUT2D eigenvalue weighted by Gasteiger charge is -2.29. The summed E-state index contributed by atoms with van der Waals surface area (Å²) in [5, 5.41) is 24.6. The molecular formula is C27H30FN5O5. The van der Waals surface area contributed by atoms with Crippen LogP contribution in [0.5, 0.6) is 0 Å². The highest BCUT2D eigenvalue weighted by Crippen LogP contribution is 2.37. The third kappa shape index (κ3) is 6.72. The van der Waals surface area contributed by atoms with E-state index in [1.165, 1.54) is 26.0 Å². The number of benzene rings is 2. The minimum absolute atomic E-state index is 0.103. The van der Waals surface area contributed by atoms with Crippen molar-refractivity contribution >= 4 is 35.2 Å². The van der Waals surface area contributed by atoms with Crippen LogP contribution in [0, 0.1) is 11.7 Å². The molecule has 1 heterocycles. The highest BCUT2D eigenvalue weighted by Gasteiger charge is 2.31. The summed E-state index contributed by atoms with van der Waals surface area (Å²) in [4.78, 5) is 36.0. The molecule has 2 amide bonds. The van der Waals surface area contributed by atoms with Crippen molar-refractivity contribution in [3.05, 3.63) is 65.8 Å². The molecule has 200 valence electrons. The maximum atomic E-state index is 13.8. The molecule has 38 heavy (non-hydrogen) atoms. The summed E-state index contributed by atoms with van der Waals surface area (Å²) in [6.45, 7) is 2.95. The molecule has 0 radical (unpaired) electrons. The predicted octanol–water partition coefficient (Wildman–Crippen LogP) is 4.85. The van der Waals surface area contributed by atoms with Gasteiger partial charge in [0.1, 0.15) is 11.4 Å². The fourth-order valence-electron chi connectivity index (χ4n) is 4.48. The van der Waals surface area contributed by atoms with E-state index in [9.17, 15) is 23.9 Å². The minimum atomic E-state index is -1.28. The highest BCUT2D eigenvalue weighted by atomic mass is 19.1. The van der Waals surface area contributed by atoms with E-state index < -0.39 is 23.2 Å². The Labute approximate surface area is 219 Å². The first kappa shape index (κ1) is 26.8. The van der Waals surface area contributed by atoms with E-state index in [0.717, 1.165) is 31.2 Å². The molecule has 2 aromatic carbocycles. The lowest BCUT2D eigenvalue weighted by atomic mass is 9.77. The number of halogens is 1. The standard InChI is InChI=1S/C27H30FN5O5/c1-27(2,25(36)37)31-22(34)15-16-7-9-17(10-8-16)18-11-13-19(14-12-18)29-23(35)24-32-33-26(38-24)30-21-6-4-3-5-20(21)28/h3-6,11-14,16-17H,7-10,15H2,1-2H3,(H,29,35)(H,30,33)(H,31,34)(H,36,37)/t16-,17-. The summed E-state index contributed by atoms with van der Waals surface area (Å²) < 4.78 is 19.1. The van der Waals surface area contributed by atoms with Gasteiger partial charge in [-0.25, -0.2) is 9.18 Å². The molecule has 0 unspecified atom stereocenters. The maximum Gasteiger partial charge on any atom is 0.328 e. The molecule has 1 aliphatic carbocycles. The highest BCUT2D eigenvalue weighted by molar-refractivity contribution is 6.00. The largest absolute Gasteiger partial charge is 0.480 e. The number of nitrogens with one attached hydrogen (secondary N) is 3. The van der Waals surface area contributed by atoms with Crippen LogP contribution < -0.4 is 16.0 Å². The summed E-state index contributed by atoms with van der Waals surface area (Å²) in [6.07, 6.45) is 3.92. The van der Waals surface area contributed by atoms with Crippen molar-refractivity contribution in [1.29, 1.82) is 0 Å². The van der Waals surface area contributed by atoms with E-state index in [2.05, 4.69) is 26.1 Å². The number of rotatable bonds is 9. The third-order valence-corrected chi connectivity index (χ3v) is 6.68. The molecule has 1 saturated carbocycles. The van der Waals surface area contributed by atoms with Crippen LogP contribution in [0.25, 0.3) is 0 Å². The van der Waals surface area contributed by atoms with Gasteiger partial charge in [-0.05, 0) is 81.2 Å². The van der Waals surface area contributed by atoms with Gasteiger partial charge in [0.05, 0.1) is 5.69 Å². The number of anilines is 3. The van der Waals surface area contributed by atoms with Gasteiger partial charge in [-0.3, -0.25) is 9.59 Å². The van der Waals surface area contributed by atoms with Crippen molar-refractivity contribution in [3.8, 4) is 0 Å². The molecule has 1 aliphatic rings. The normalized spacial score (nSPS) is 17.4. The van der Waals surface area contributed by atoms with Crippen LogP contribution in [0.1, 0.15) is 68.1 Å². The molecule has 0 saturated heterocycles. The van der Waals surface area contributed by atoms with Crippen molar-refractivity contribution in [1.82, 2.24) is 15.5 Å². The average Bonchev–Trinajstić information content (AvgIpc) is 3.35. The number of para-hydroxylation sites is 1. The summed E-state index contributed by atoms with van der Waals surface area (Å²) in [6, 6.07) is 13.4. The zero-order valence-electron chi connectivity index (χ0n) is 21.2. The van der Waals surface area contributed by atoms with Crippen LogP contribution in [0.2, 0.25) is 0 Å². The summed E-state index contributed by atoms with van der Waals surface area (Å²) in [7, 11) is 0. The molecule has 1 fully saturated rings. The fourth-order valence-corrected chi connectivity index (χ4v) is 4.48. The number of aliphatic carboxylic acids is 1. The molecule has 10 nitrogen and oxygen atoms in total. The van der Waals surface area contributed by atoms with Crippen LogP contribution in [0.3, 0.4) is 0 Å². The van der Waals surface area contributed by atoms with Crippen LogP contribution >= 0.6 is 0 Å². The van der Waals surface area contributed by atoms with Crippen LogP contribution in [0.4, 0.5) is 21.8 Å². The van der Waals surface area contributed by atoms with Gasteiger partial charge in [-0.1, -0.05) is 29.4 Å². The van der Waals surface area contributed by atoms with Crippen LogP contribution in [-0.2, 0) is 9.59 Å². The Morgan fingerprint density at radius 2 is 1.71 bits per heavy atom. The number of carboxylic acids is 1. The number of amides is 2. The Balaban J connectivity index is 1.26. The summed E-state index contributed by atoms with van der Waals surface area (Å²) in [5.41, 5.74) is 0.576. The van der Waals surface area contributed by atoms with Crippen molar-refractivity contribution in [2.24, 2.45) is 5.92 Å². The maximum absolute atomic E-state index is 13.8. The number of nitrogens with zero attached hydrogens (tertiary/aromatic N) is 2. The van der Waals surface area contributed by atoms with E-state index >= 15 is 0 Å². The lowest BCUT2D eigenvalue weighted by Crippen LogP contribution is -2.50. The second-order valence-corrected chi connectivity index (χ2v) is 9.99. The Morgan fingerprint density at radius 3 is 2.37 bits per heavy atom. The Morgan fingerprint density at radius 1 is 1.03 bits per heavy atom. The van der Waals surface area contributed by atoms with Crippen LogP contribution in [-0.4, -0.2) is 38.6 Å². The first-order valence-electron chi connectivity index (χ1n) is 12.4. The molecule has 4 rings (SSSR count). The molecule has 3 aromatic rings. The minimum Gasteiger partial charge on any atom is -0.480 e. The fraction of sp³-hybridized carbons (Fsp3) is 0.370. The quantitative estimate of drug-likeness (QED) is 0.311. The van der Waals surface area contributed by atoms with Crippen molar-refractivity contribution < 1.29 is 28.3 Å². The molecular weight excluding hydrogens is 493 g/mol. The number of carbonyl (C=O) groups excluding carboxylic acids is 2. The lowest BCUT2D eigenvalue weighted by molar-refractivity contribution is -0.146. The number of carboxylic acid groups (broad SMARTS) is 1. The monoisotopic (exact) mass is 523 g/mol. The van der Waals surface area contributed by atoms with Gasteiger partial charge in [0.2, 0.25) is 5.91 Å². The zero-order valence-corrected chi connectivity index (χ0v) is 21.2. The van der Waals surface area contributed by atoms with E-state index in [4.69, 9.17) is 4.42 Å². The zero-order chi connectivity index (χ0) is 27.3. The van der Waals surface area contributed by atoms with Crippen molar-refractivity contribution in [3.63, 3.8) is 0 Å². The van der Waals surface area contributed by atoms with E-state index in [-0.39, 0.29) is 29.4 Å². The Kier molecular flexibility index (Phi) is 8.04. The first-order valence-corrected chi connectivity index (χ1v) is 12.4. The molecule has 0 spiro atoms. The first-order chi connectivity index (χ1) is 18.1. The summed E-state index contributed by atoms with van der Waals surface area (Å²) in [5.74, 6) is -2.07. The van der Waals surface area contributed by atoms with E-state index in [0.29, 0.717) is 18.0 Å². The van der Waals surface area contributed by atoms with E-state index in [1.54, 1.807) is 24.3 Å². The van der Waals surface area contributed by atoms with Gasteiger partial charge in [0.15, 0.2) is 0 Å². The molecule has 0 atom stereocenters. The van der Waals surface area contributed by atoms with Gasteiger partial charge < -0.3 is 25.5 Å². The Hall–Kier alpha value is -4.28. The van der Waals surface area contributed by atoms with Crippen molar-refractivity contribution in [2.45, 2.75) is 57.4 Å². The number of hydrogen-bond acceptors (Lipinski definition) is 7.